The van der Waals surface area contributed by atoms with Crippen molar-refractivity contribution in [2.45, 2.75) is 40.0 Å². The van der Waals surface area contributed by atoms with E-state index in [1.54, 1.807) is 16.6 Å². The minimum Gasteiger partial charge on any atom is -0.478 e. The van der Waals surface area contributed by atoms with Crippen molar-refractivity contribution in [1.82, 2.24) is 39.4 Å². The maximum Gasteiger partial charge on any atom is 0.335 e. The van der Waals surface area contributed by atoms with Gasteiger partial charge in [-0.3, -0.25) is 9.69 Å². The van der Waals surface area contributed by atoms with Crippen LogP contribution in [0.15, 0.2) is 36.4 Å². The number of rotatable bonds is 8. The number of carboxylic acids is 1. The second-order valence-corrected chi connectivity index (χ2v) is 9.74. The molecule has 0 unspecified atom stereocenters. The summed E-state index contributed by atoms with van der Waals surface area (Å²) < 4.78 is 3.52. The summed E-state index contributed by atoms with van der Waals surface area (Å²) in [5.41, 5.74) is 5.07. The van der Waals surface area contributed by atoms with Crippen LogP contribution < -0.4 is 0 Å². The van der Waals surface area contributed by atoms with Gasteiger partial charge in [-0.05, 0) is 69.0 Å². The van der Waals surface area contributed by atoms with Crippen LogP contribution in [0, 0.1) is 20.8 Å². The van der Waals surface area contributed by atoms with Crippen LogP contribution >= 0.6 is 0 Å². The van der Waals surface area contributed by atoms with Crippen LogP contribution in [0.1, 0.15) is 45.1 Å². The van der Waals surface area contributed by atoms with E-state index in [9.17, 15) is 9.59 Å². The van der Waals surface area contributed by atoms with Crippen molar-refractivity contribution in [2.75, 3.05) is 32.7 Å². The largest absolute Gasteiger partial charge is 0.478 e. The first-order chi connectivity index (χ1) is 18.3. The van der Waals surface area contributed by atoms with Gasteiger partial charge in [-0.2, -0.15) is 9.61 Å². The van der Waals surface area contributed by atoms with Gasteiger partial charge in [0, 0.05) is 44.8 Å². The maximum atomic E-state index is 13.0. The van der Waals surface area contributed by atoms with Crippen molar-refractivity contribution in [2.24, 2.45) is 0 Å². The Morgan fingerprint density at radius 2 is 1.63 bits per heavy atom. The zero-order chi connectivity index (χ0) is 26.8. The Balaban J connectivity index is 1.13. The van der Waals surface area contributed by atoms with Crippen molar-refractivity contribution in [1.29, 1.82) is 0 Å². The number of aromatic nitrogens is 6. The molecule has 38 heavy (non-hydrogen) atoms. The zero-order valence-corrected chi connectivity index (χ0v) is 22.0. The van der Waals surface area contributed by atoms with Crippen molar-refractivity contribution >= 4 is 17.5 Å². The molecular formula is C27H32N8O3. The van der Waals surface area contributed by atoms with Crippen LogP contribution in [0.3, 0.4) is 0 Å². The molecule has 1 aliphatic rings. The topological polar surface area (TPSA) is 122 Å². The number of aryl methyl sites for hydroxylation is 2. The number of aromatic carboxylic acids is 1. The number of piperazine rings is 1. The second kappa shape index (κ2) is 10.7. The summed E-state index contributed by atoms with van der Waals surface area (Å²) in [4.78, 5) is 28.3. The molecule has 0 aliphatic carbocycles. The van der Waals surface area contributed by atoms with Gasteiger partial charge in [0.25, 0.3) is 0 Å². The van der Waals surface area contributed by atoms with Crippen molar-refractivity contribution < 1.29 is 14.7 Å². The van der Waals surface area contributed by atoms with Crippen molar-refractivity contribution in [3.05, 3.63) is 70.3 Å². The standard InChI is InChI=1S/C27H32N8O3/c1-18-23(19(2)34(30-18)25-10-9-24-29-28-20(3)35(24)31-25)8-11-26(36)33-16-14-32(15-17-33)13-12-21-4-6-22(7-5-21)27(37)38/h4-7,9-10H,8,11-17H2,1-3H3,(H,37,38). The van der Waals surface area contributed by atoms with Gasteiger partial charge >= 0.3 is 5.97 Å². The minimum absolute atomic E-state index is 0.167. The highest BCUT2D eigenvalue weighted by Crippen LogP contribution is 2.20. The number of hydrogen-bond donors (Lipinski definition) is 1. The SMILES string of the molecule is Cc1nn(-c2ccc3nnc(C)n3n2)c(C)c1CCC(=O)N1CCN(CCc2ccc(C(=O)O)cc2)CC1. The van der Waals surface area contributed by atoms with E-state index in [4.69, 9.17) is 10.2 Å². The third kappa shape index (κ3) is 5.28. The number of nitrogens with zero attached hydrogens (tertiary/aromatic N) is 8. The number of fused-ring (bicyclic) bond motifs is 1. The van der Waals surface area contributed by atoms with Crippen molar-refractivity contribution in [3.8, 4) is 5.82 Å². The lowest BCUT2D eigenvalue weighted by Gasteiger charge is -2.34. The quantitative estimate of drug-likeness (QED) is 0.379. The molecule has 3 aromatic heterocycles. The summed E-state index contributed by atoms with van der Waals surface area (Å²) in [5, 5.41) is 26.5. The fourth-order valence-corrected chi connectivity index (χ4v) is 4.97. The molecule has 5 rings (SSSR count). The van der Waals surface area contributed by atoms with E-state index in [0.717, 1.165) is 61.7 Å². The Morgan fingerprint density at radius 1 is 0.895 bits per heavy atom. The smallest absolute Gasteiger partial charge is 0.335 e. The highest BCUT2D eigenvalue weighted by atomic mass is 16.4. The monoisotopic (exact) mass is 516 g/mol. The minimum atomic E-state index is -0.909. The molecule has 11 heteroatoms. The first-order valence-electron chi connectivity index (χ1n) is 12.9. The third-order valence-corrected chi connectivity index (χ3v) is 7.29. The van der Waals surface area contributed by atoms with Gasteiger partial charge in [-0.25, -0.2) is 9.48 Å². The van der Waals surface area contributed by atoms with E-state index in [-0.39, 0.29) is 5.91 Å². The predicted octanol–water partition coefficient (Wildman–Crippen LogP) is 2.25. The van der Waals surface area contributed by atoms with Crippen LogP contribution in [0.25, 0.3) is 11.5 Å². The molecular weight excluding hydrogens is 484 g/mol. The van der Waals surface area contributed by atoms with Gasteiger partial charge in [0.1, 0.15) is 0 Å². The molecule has 0 bridgehead atoms. The first-order valence-corrected chi connectivity index (χ1v) is 12.9. The summed E-state index contributed by atoms with van der Waals surface area (Å²) in [5.74, 6) is 0.658. The van der Waals surface area contributed by atoms with Gasteiger partial charge in [-0.1, -0.05) is 12.1 Å². The zero-order valence-electron chi connectivity index (χ0n) is 22.0. The predicted molar refractivity (Wildman–Crippen MR) is 141 cm³/mol. The number of amides is 1. The second-order valence-electron chi connectivity index (χ2n) is 9.74. The Morgan fingerprint density at radius 3 is 2.34 bits per heavy atom. The summed E-state index contributed by atoms with van der Waals surface area (Å²) in [6, 6.07) is 10.8. The van der Waals surface area contributed by atoms with E-state index in [0.29, 0.717) is 35.7 Å². The van der Waals surface area contributed by atoms with E-state index >= 15 is 0 Å². The normalized spacial score (nSPS) is 14.3. The average Bonchev–Trinajstić information content (AvgIpc) is 3.44. The van der Waals surface area contributed by atoms with E-state index in [1.807, 2.05) is 54.6 Å². The van der Waals surface area contributed by atoms with Gasteiger partial charge in [0.2, 0.25) is 5.91 Å². The van der Waals surface area contributed by atoms with Crippen LogP contribution in [0.5, 0.6) is 0 Å². The van der Waals surface area contributed by atoms with E-state index < -0.39 is 5.97 Å². The van der Waals surface area contributed by atoms with Gasteiger partial charge in [0.15, 0.2) is 17.3 Å². The third-order valence-electron chi connectivity index (χ3n) is 7.29. The molecule has 1 fully saturated rings. The molecule has 1 N–H and O–H groups in total. The van der Waals surface area contributed by atoms with Crippen LogP contribution in [0.2, 0.25) is 0 Å². The molecule has 0 atom stereocenters. The number of carboxylic acid groups (broad SMARTS) is 1. The van der Waals surface area contributed by atoms with Crippen LogP contribution in [0.4, 0.5) is 0 Å². The highest BCUT2D eigenvalue weighted by molar-refractivity contribution is 5.87. The number of benzene rings is 1. The van der Waals surface area contributed by atoms with Gasteiger partial charge < -0.3 is 10.0 Å². The summed E-state index contributed by atoms with van der Waals surface area (Å²) >= 11 is 0. The molecule has 198 valence electrons. The molecule has 4 aromatic rings. The van der Waals surface area contributed by atoms with Gasteiger partial charge in [-0.15, -0.1) is 15.3 Å². The molecule has 1 aliphatic heterocycles. The number of carbonyl (C=O) groups is 2. The molecule has 4 heterocycles. The fraction of sp³-hybridized carbons (Fsp3) is 0.407. The lowest BCUT2D eigenvalue weighted by Crippen LogP contribution is -2.49. The van der Waals surface area contributed by atoms with Crippen LogP contribution in [-0.2, 0) is 17.6 Å². The van der Waals surface area contributed by atoms with Crippen LogP contribution in [-0.4, -0.2) is 89.1 Å². The maximum absolute atomic E-state index is 13.0. The molecule has 0 saturated carbocycles. The Kier molecular flexibility index (Phi) is 7.19. The Bertz CT molecular complexity index is 1470. The Hall–Kier alpha value is -4.12. The lowest BCUT2D eigenvalue weighted by atomic mass is 10.1. The molecule has 11 nitrogen and oxygen atoms in total. The molecule has 1 saturated heterocycles. The fourth-order valence-electron chi connectivity index (χ4n) is 4.97. The van der Waals surface area contributed by atoms with E-state index in [2.05, 4.69) is 20.2 Å². The Labute approximate surface area is 220 Å². The highest BCUT2D eigenvalue weighted by Gasteiger charge is 2.22. The number of hydrogen-bond acceptors (Lipinski definition) is 7. The lowest BCUT2D eigenvalue weighted by molar-refractivity contribution is -0.132. The molecule has 1 amide bonds. The molecule has 1 aromatic carbocycles. The van der Waals surface area contributed by atoms with E-state index in [1.165, 1.54) is 0 Å². The van der Waals surface area contributed by atoms with Crippen molar-refractivity contribution in [3.63, 3.8) is 0 Å². The first kappa shape index (κ1) is 25.5. The molecule has 0 radical (unpaired) electrons. The summed E-state index contributed by atoms with van der Waals surface area (Å²) in [6.07, 6.45) is 1.94. The average molecular weight is 517 g/mol. The molecule has 0 spiro atoms. The van der Waals surface area contributed by atoms with Gasteiger partial charge in [0.05, 0.1) is 11.3 Å². The summed E-state index contributed by atoms with van der Waals surface area (Å²) in [7, 11) is 0. The summed E-state index contributed by atoms with van der Waals surface area (Å²) in [6.45, 7) is 9.85. The number of carbonyl (C=O) groups excluding carboxylic acids is 1.